The minimum atomic E-state index is -2.14. The van der Waals surface area contributed by atoms with Crippen LogP contribution < -0.4 is 14.2 Å². The van der Waals surface area contributed by atoms with Gasteiger partial charge in [0.05, 0.1) is 21.3 Å². The van der Waals surface area contributed by atoms with Gasteiger partial charge in [0, 0.05) is 5.56 Å². The molecule has 20 heavy (non-hydrogen) atoms. The molecule has 1 atom stereocenters. The van der Waals surface area contributed by atoms with Gasteiger partial charge in [-0.2, -0.15) is 0 Å². The third kappa shape index (κ3) is 2.74. The summed E-state index contributed by atoms with van der Waals surface area (Å²) >= 11 is -1.12. The van der Waals surface area contributed by atoms with E-state index < -0.39 is 11.1 Å². The van der Waals surface area contributed by atoms with Crippen LogP contribution in [0.5, 0.6) is 17.2 Å². The lowest BCUT2D eigenvalue weighted by Crippen LogP contribution is -1.95. The second-order valence-electron chi connectivity index (χ2n) is 3.54. The lowest BCUT2D eigenvalue weighted by molar-refractivity contribution is 0.324. The van der Waals surface area contributed by atoms with Gasteiger partial charge in [0.25, 0.3) is 0 Å². The molecule has 0 aliphatic heterocycles. The smallest absolute Gasteiger partial charge is 0.232 e. The highest BCUT2D eigenvalue weighted by atomic mass is 32.2. The van der Waals surface area contributed by atoms with Crippen molar-refractivity contribution in [2.75, 3.05) is 21.3 Å². The summed E-state index contributed by atoms with van der Waals surface area (Å²) in [6.45, 7) is 0. The fourth-order valence-electron chi connectivity index (χ4n) is 1.60. The van der Waals surface area contributed by atoms with Crippen molar-refractivity contribution in [2.24, 2.45) is 0 Å². The molecule has 0 fully saturated rings. The Bertz CT molecular complexity index is 618. The number of hydrogen-bond donors (Lipinski definition) is 1. The van der Waals surface area contributed by atoms with Crippen molar-refractivity contribution >= 4 is 22.4 Å². The first kappa shape index (κ1) is 14.7. The molecule has 1 heterocycles. The van der Waals surface area contributed by atoms with Gasteiger partial charge in [-0.1, -0.05) is 11.3 Å². The molecule has 7 nitrogen and oxygen atoms in total. The molecule has 1 N–H and O–H groups in total. The molecule has 0 aliphatic carbocycles. The summed E-state index contributed by atoms with van der Waals surface area (Å²) in [7, 11) is 4.53. The van der Waals surface area contributed by atoms with Crippen molar-refractivity contribution in [2.45, 2.75) is 4.34 Å². The summed E-state index contributed by atoms with van der Waals surface area (Å²) in [5.41, 5.74) is 0.661. The third-order valence-corrected chi connectivity index (χ3v) is 4.29. The van der Waals surface area contributed by atoms with E-state index in [-0.39, 0.29) is 4.34 Å². The minimum Gasteiger partial charge on any atom is -0.493 e. The molecule has 0 spiro atoms. The summed E-state index contributed by atoms with van der Waals surface area (Å²) in [5, 5.41) is 8.02. The van der Waals surface area contributed by atoms with E-state index in [1.54, 1.807) is 12.1 Å². The molecule has 0 saturated heterocycles. The van der Waals surface area contributed by atoms with E-state index in [0.717, 1.165) is 11.3 Å². The second kappa shape index (κ2) is 6.16. The Morgan fingerprint density at radius 2 is 1.70 bits per heavy atom. The maximum atomic E-state index is 10.9. The van der Waals surface area contributed by atoms with Gasteiger partial charge in [0.15, 0.2) is 11.5 Å². The van der Waals surface area contributed by atoms with Crippen LogP contribution in [0, 0.1) is 0 Å². The van der Waals surface area contributed by atoms with Crippen LogP contribution in [0.2, 0.25) is 0 Å². The van der Waals surface area contributed by atoms with E-state index in [9.17, 15) is 4.21 Å². The van der Waals surface area contributed by atoms with Crippen molar-refractivity contribution < 1.29 is 23.0 Å². The molecule has 0 aliphatic rings. The first-order valence-electron chi connectivity index (χ1n) is 5.35. The Morgan fingerprint density at radius 1 is 1.10 bits per heavy atom. The zero-order chi connectivity index (χ0) is 14.7. The summed E-state index contributed by atoms with van der Waals surface area (Å²) < 4.78 is 35.7. The van der Waals surface area contributed by atoms with Crippen molar-refractivity contribution in [1.82, 2.24) is 10.2 Å². The van der Waals surface area contributed by atoms with Crippen LogP contribution in [-0.2, 0) is 11.1 Å². The molecular formula is C11H12N2O5S2. The van der Waals surface area contributed by atoms with Gasteiger partial charge < -0.3 is 18.8 Å². The number of rotatable bonds is 5. The average Bonchev–Trinajstić information content (AvgIpc) is 2.95. The van der Waals surface area contributed by atoms with Crippen LogP contribution >= 0.6 is 11.3 Å². The number of aromatic nitrogens is 2. The Kier molecular flexibility index (Phi) is 4.53. The molecule has 1 aromatic carbocycles. The SMILES string of the molecule is COc1cc(-c2nnc(S(=O)O)s2)cc(OC)c1OC. The summed E-state index contributed by atoms with van der Waals surface area (Å²) in [4.78, 5) is 0. The monoisotopic (exact) mass is 316 g/mol. The Labute approximate surface area is 121 Å². The van der Waals surface area contributed by atoms with E-state index in [2.05, 4.69) is 10.2 Å². The highest BCUT2D eigenvalue weighted by molar-refractivity contribution is 7.81. The molecule has 108 valence electrons. The van der Waals surface area contributed by atoms with Gasteiger partial charge in [-0.15, -0.1) is 10.2 Å². The normalized spacial score (nSPS) is 12.0. The van der Waals surface area contributed by atoms with Crippen molar-refractivity contribution in [3.05, 3.63) is 12.1 Å². The van der Waals surface area contributed by atoms with Crippen molar-refractivity contribution in [1.29, 1.82) is 0 Å². The van der Waals surface area contributed by atoms with Gasteiger partial charge in [0.1, 0.15) is 5.01 Å². The van der Waals surface area contributed by atoms with Gasteiger partial charge in [-0.25, -0.2) is 4.21 Å². The van der Waals surface area contributed by atoms with E-state index in [1.165, 1.54) is 21.3 Å². The van der Waals surface area contributed by atoms with E-state index in [4.69, 9.17) is 18.8 Å². The molecule has 0 saturated carbocycles. The van der Waals surface area contributed by atoms with Gasteiger partial charge in [-0.05, 0) is 12.1 Å². The molecular weight excluding hydrogens is 304 g/mol. The molecule has 0 radical (unpaired) electrons. The van der Waals surface area contributed by atoms with Crippen molar-refractivity contribution in [3.63, 3.8) is 0 Å². The molecule has 1 aromatic heterocycles. The predicted molar refractivity (Wildman–Crippen MR) is 74.0 cm³/mol. The maximum absolute atomic E-state index is 10.9. The number of benzene rings is 1. The predicted octanol–water partition coefficient (Wildman–Crippen LogP) is 1.81. The zero-order valence-electron chi connectivity index (χ0n) is 10.9. The number of hydrogen-bond acceptors (Lipinski definition) is 7. The largest absolute Gasteiger partial charge is 0.493 e. The Morgan fingerprint density at radius 3 is 2.10 bits per heavy atom. The van der Waals surface area contributed by atoms with E-state index >= 15 is 0 Å². The standard InChI is InChI=1S/C11H12N2O5S2/c1-16-7-4-6(5-8(17-2)9(7)18-3)10-12-13-11(19-10)20(14)15/h4-5H,1-3H3,(H,14,15). The lowest BCUT2D eigenvalue weighted by atomic mass is 10.2. The first-order valence-corrected chi connectivity index (χ1v) is 7.27. The summed E-state index contributed by atoms with van der Waals surface area (Å²) in [6, 6.07) is 3.40. The second-order valence-corrected chi connectivity index (χ2v) is 5.66. The van der Waals surface area contributed by atoms with Crippen LogP contribution in [0.25, 0.3) is 10.6 Å². The highest BCUT2D eigenvalue weighted by Gasteiger charge is 2.17. The molecule has 9 heteroatoms. The molecule has 2 rings (SSSR count). The quantitative estimate of drug-likeness (QED) is 0.841. The Hall–Kier alpha value is -1.71. The maximum Gasteiger partial charge on any atom is 0.232 e. The van der Waals surface area contributed by atoms with Crippen molar-refractivity contribution in [3.8, 4) is 27.8 Å². The number of ether oxygens (including phenoxy) is 3. The first-order chi connectivity index (χ1) is 9.60. The molecule has 0 bridgehead atoms. The van der Waals surface area contributed by atoms with Crippen LogP contribution in [0.4, 0.5) is 0 Å². The zero-order valence-corrected chi connectivity index (χ0v) is 12.6. The number of methoxy groups -OCH3 is 3. The topological polar surface area (TPSA) is 90.8 Å². The lowest BCUT2D eigenvalue weighted by Gasteiger charge is -2.12. The van der Waals surface area contributed by atoms with Gasteiger partial charge in [-0.3, -0.25) is 0 Å². The molecule has 2 aromatic rings. The van der Waals surface area contributed by atoms with Crippen LogP contribution in [0.1, 0.15) is 0 Å². The van der Waals surface area contributed by atoms with E-state index in [0.29, 0.717) is 27.8 Å². The average molecular weight is 316 g/mol. The summed E-state index contributed by atoms with van der Waals surface area (Å²) in [6.07, 6.45) is 0. The van der Waals surface area contributed by atoms with Crippen LogP contribution in [-0.4, -0.2) is 40.3 Å². The Balaban J connectivity index is 2.53. The van der Waals surface area contributed by atoms with Gasteiger partial charge in [0.2, 0.25) is 21.2 Å². The number of nitrogens with zero attached hydrogens (tertiary/aromatic N) is 2. The minimum absolute atomic E-state index is 0.0359. The third-order valence-electron chi connectivity index (χ3n) is 2.47. The van der Waals surface area contributed by atoms with Crippen LogP contribution in [0.15, 0.2) is 16.5 Å². The molecule has 1 unspecified atom stereocenters. The fraction of sp³-hybridized carbons (Fsp3) is 0.273. The van der Waals surface area contributed by atoms with Gasteiger partial charge >= 0.3 is 0 Å². The molecule has 0 amide bonds. The summed E-state index contributed by atoms with van der Waals surface area (Å²) in [5.74, 6) is 1.42. The van der Waals surface area contributed by atoms with Crippen LogP contribution in [0.3, 0.4) is 0 Å². The van der Waals surface area contributed by atoms with E-state index in [1.807, 2.05) is 0 Å². The fourth-order valence-corrected chi connectivity index (χ4v) is 2.80. The highest BCUT2D eigenvalue weighted by Crippen LogP contribution is 2.41.